The number of benzene rings is 2. The van der Waals surface area contributed by atoms with Gasteiger partial charge in [0.2, 0.25) is 0 Å². The summed E-state index contributed by atoms with van der Waals surface area (Å²) in [6.45, 7) is 1.90. The summed E-state index contributed by atoms with van der Waals surface area (Å²) >= 11 is 3.49. The molecule has 0 aliphatic rings. The fourth-order valence-corrected chi connectivity index (χ4v) is 3.43. The third kappa shape index (κ3) is 2.91. The monoisotopic (exact) mass is 393 g/mol. The molecule has 0 saturated carbocycles. The first-order valence-corrected chi connectivity index (χ1v) is 8.82. The molecule has 2 aromatic heterocycles. The zero-order chi connectivity index (χ0) is 17.4. The van der Waals surface area contributed by atoms with Gasteiger partial charge in [-0.2, -0.15) is 0 Å². The van der Waals surface area contributed by atoms with E-state index >= 15 is 0 Å². The molecule has 4 nitrogen and oxygen atoms in total. The first-order valence-electron chi connectivity index (χ1n) is 8.03. The molecule has 2 aromatic carbocycles. The van der Waals surface area contributed by atoms with E-state index in [1.54, 1.807) is 0 Å². The summed E-state index contributed by atoms with van der Waals surface area (Å²) in [5.41, 5.74) is 5.10. The van der Waals surface area contributed by atoms with Crippen LogP contribution in [0.3, 0.4) is 0 Å². The summed E-state index contributed by atoms with van der Waals surface area (Å²) in [4.78, 5) is 17.7. The molecule has 2 heterocycles. The predicted octanol–water partition coefficient (Wildman–Crippen LogP) is 4.35. The number of rotatable bonds is 3. The van der Waals surface area contributed by atoms with Gasteiger partial charge in [0.1, 0.15) is 0 Å². The Morgan fingerprint density at radius 1 is 1.12 bits per heavy atom. The lowest BCUT2D eigenvalue weighted by molar-refractivity contribution is 0.860. The zero-order valence-electron chi connectivity index (χ0n) is 13.7. The summed E-state index contributed by atoms with van der Waals surface area (Å²) in [5.74, 6) is 0. The Hall–Kier alpha value is -2.66. The number of fused-ring (bicyclic) bond motifs is 1. The lowest BCUT2D eigenvalue weighted by Crippen LogP contribution is -2.22. The van der Waals surface area contributed by atoms with Gasteiger partial charge in [0.05, 0.1) is 0 Å². The van der Waals surface area contributed by atoms with Crippen molar-refractivity contribution in [2.75, 3.05) is 0 Å². The average molecular weight is 394 g/mol. The number of H-pyrrole nitrogens is 1. The number of hydrogen-bond donors (Lipinski definition) is 1. The van der Waals surface area contributed by atoms with Crippen molar-refractivity contribution in [3.63, 3.8) is 0 Å². The largest absolute Gasteiger partial charge is 0.296 e. The van der Waals surface area contributed by atoms with Crippen molar-refractivity contribution >= 4 is 21.6 Å². The van der Waals surface area contributed by atoms with Gasteiger partial charge in [-0.15, -0.1) is 0 Å². The van der Waals surface area contributed by atoms with Crippen LogP contribution in [0, 0.1) is 6.92 Å². The Balaban J connectivity index is 1.86. The van der Waals surface area contributed by atoms with Crippen molar-refractivity contribution in [2.24, 2.45) is 0 Å². The van der Waals surface area contributed by atoms with Crippen LogP contribution in [-0.2, 0) is 6.42 Å². The first kappa shape index (κ1) is 15.8. The topological polar surface area (TPSA) is 50.2 Å². The number of nitrogens with one attached hydrogen (secondary N) is 1. The Bertz CT molecular complexity index is 1110. The number of aryl methyl sites for hydroxylation is 1. The Labute approximate surface area is 153 Å². The molecule has 0 aliphatic carbocycles. The van der Waals surface area contributed by atoms with E-state index in [1.165, 1.54) is 4.52 Å². The van der Waals surface area contributed by atoms with Gasteiger partial charge in [-0.3, -0.25) is 9.89 Å². The quantitative estimate of drug-likeness (QED) is 0.562. The Morgan fingerprint density at radius 2 is 1.92 bits per heavy atom. The predicted molar refractivity (Wildman–Crippen MR) is 103 cm³/mol. The number of aromatic amines is 1. The van der Waals surface area contributed by atoms with Gasteiger partial charge in [-0.05, 0) is 30.2 Å². The number of hydrogen-bond acceptors (Lipinski definition) is 2. The highest BCUT2D eigenvalue weighted by molar-refractivity contribution is 9.10. The maximum atomic E-state index is 12.9. The maximum absolute atomic E-state index is 12.9. The lowest BCUT2D eigenvalue weighted by atomic mass is 10.0. The summed E-state index contributed by atoms with van der Waals surface area (Å²) in [6, 6.07) is 17.9. The molecular formula is C20H16BrN3O. The fourth-order valence-electron chi connectivity index (χ4n) is 3.03. The van der Waals surface area contributed by atoms with Crippen LogP contribution < -0.4 is 5.56 Å². The van der Waals surface area contributed by atoms with Crippen LogP contribution >= 0.6 is 15.9 Å². The van der Waals surface area contributed by atoms with Gasteiger partial charge in [0.15, 0.2) is 5.65 Å². The normalized spacial score (nSPS) is 11.1. The molecule has 0 fully saturated rings. The number of nitrogens with zero attached hydrogens (tertiary/aromatic N) is 2. The molecule has 0 saturated heterocycles. The molecule has 124 valence electrons. The van der Waals surface area contributed by atoms with Crippen molar-refractivity contribution in [1.82, 2.24) is 14.6 Å². The van der Waals surface area contributed by atoms with Gasteiger partial charge in [0.25, 0.3) is 5.56 Å². The molecule has 1 N–H and O–H groups in total. The van der Waals surface area contributed by atoms with Crippen LogP contribution in [0.25, 0.3) is 16.8 Å². The standard InChI is InChI=1S/C20H16BrN3O/c1-13-17(10-14-6-3-2-4-7-14)20(25)24-19(23-13)18(12-22-24)15-8-5-9-16(21)11-15/h2-9,11-12,22H,10H2,1H3. The summed E-state index contributed by atoms with van der Waals surface area (Å²) in [6.07, 6.45) is 2.41. The molecule has 5 heteroatoms. The van der Waals surface area contributed by atoms with Gasteiger partial charge < -0.3 is 0 Å². The van der Waals surface area contributed by atoms with Gasteiger partial charge >= 0.3 is 0 Å². The smallest absolute Gasteiger partial charge is 0.276 e. The van der Waals surface area contributed by atoms with E-state index in [4.69, 9.17) is 4.98 Å². The zero-order valence-corrected chi connectivity index (χ0v) is 15.2. The van der Waals surface area contributed by atoms with Crippen molar-refractivity contribution in [3.8, 4) is 11.1 Å². The molecule has 0 spiro atoms. The van der Waals surface area contributed by atoms with Crippen LogP contribution in [0.4, 0.5) is 0 Å². The number of halogens is 1. The molecule has 0 amide bonds. The van der Waals surface area contributed by atoms with Gasteiger partial charge in [0, 0.05) is 33.9 Å². The Morgan fingerprint density at radius 3 is 2.68 bits per heavy atom. The van der Waals surface area contributed by atoms with E-state index < -0.39 is 0 Å². The number of aromatic nitrogens is 3. The maximum Gasteiger partial charge on any atom is 0.276 e. The van der Waals surface area contributed by atoms with Crippen molar-refractivity contribution in [1.29, 1.82) is 0 Å². The van der Waals surface area contributed by atoms with Crippen LogP contribution in [0.2, 0.25) is 0 Å². The summed E-state index contributed by atoms with van der Waals surface area (Å²) < 4.78 is 2.52. The highest BCUT2D eigenvalue weighted by Crippen LogP contribution is 2.26. The minimum absolute atomic E-state index is 0.0485. The van der Waals surface area contributed by atoms with Crippen molar-refractivity contribution < 1.29 is 0 Å². The van der Waals surface area contributed by atoms with Gasteiger partial charge in [-0.1, -0.05) is 58.4 Å². The molecule has 0 atom stereocenters. The molecule has 4 aromatic rings. The van der Waals surface area contributed by atoms with Crippen molar-refractivity contribution in [2.45, 2.75) is 13.3 Å². The first-order chi connectivity index (χ1) is 12.1. The highest BCUT2D eigenvalue weighted by atomic mass is 79.9. The highest BCUT2D eigenvalue weighted by Gasteiger charge is 2.15. The second kappa shape index (κ2) is 6.33. The molecule has 4 rings (SSSR count). The Kier molecular flexibility index (Phi) is 4.01. The van der Waals surface area contributed by atoms with Crippen LogP contribution in [-0.4, -0.2) is 14.6 Å². The fraction of sp³-hybridized carbons (Fsp3) is 0.100. The molecule has 0 radical (unpaired) electrons. The SMILES string of the molecule is Cc1nc2c(-c3cccc(Br)c3)c[nH]n2c(=O)c1Cc1ccccc1. The van der Waals surface area contributed by atoms with Crippen molar-refractivity contribution in [3.05, 3.63) is 92.4 Å². The third-order valence-electron chi connectivity index (χ3n) is 4.32. The van der Waals surface area contributed by atoms with Crippen LogP contribution in [0.1, 0.15) is 16.8 Å². The molecule has 25 heavy (non-hydrogen) atoms. The third-order valence-corrected chi connectivity index (χ3v) is 4.81. The van der Waals surface area contributed by atoms with E-state index in [0.29, 0.717) is 17.6 Å². The molecule has 0 bridgehead atoms. The van der Waals surface area contributed by atoms with E-state index in [9.17, 15) is 4.79 Å². The van der Waals surface area contributed by atoms with Crippen LogP contribution in [0.15, 0.2) is 70.1 Å². The second-order valence-corrected chi connectivity index (χ2v) is 6.92. The van der Waals surface area contributed by atoms with E-state index in [2.05, 4.69) is 21.0 Å². The average Bonchev–Trinajstić information content (AvgIpc) is 3.03. The molecule has 0 unspecified atom stereocenters. The van der Waals surface area contributed by atoms with E-state index in [-0.39, 0.29) is 5.56 Å². The minimum Gasteiger partial charge on any atom is -0.296 e. The molecular weight excluding hydrogens is 378 g/mol. The summed E-state index contributed by atoms with van der Waals surface area (Å²) in [7, 11) is 0. The summed E-state index contributed by atoms with van der Waals surface area (Å²) in [5, 5.41) is 3.05. The van der Waals surface area contributed by atoms with E-state index in [0.717, 1.165) is 26.9 Å². The lowest BCUT2D eigenvalue weighted by Gasteiger charge is -2.07. The minimum atomic E-state index is -0.0485. The van der Waals surface area contributed by atoms with Gasteiger partial charge in [-0.25, -0.2) is 9.50 Å². The van der Waals surface area contributed by atoms with Crippen LogP contribution in [0.5, 0.6) is 0 Å². The second-order valence-electron chi connectivity index (χ2n) is 6.00. The molecule has 0 aliphatic heterocycles. The van der Waals surface area contributed by atoms with E-state index in [1.807, 2.05) is 67.7 Å².